The Morgan fingerprint density at radius 1 is 1.09 bits per heavy atom. The summed E-state index contributed by atoms with van der Waals surface area (Å²) < 4.78 is 6.77. The maximum Gasteiger partial charge on any atom is 0.251 e. The number of nitrogens with zero attached hydrogens (tertiary/aromatic N) is 5. The maximum atomic E-state index is 12.8. The van der Waals surface area contributed by atoms with Gasteiger partial charge in [0.25, 0.3) is 5.91 Å². The SMILES string of the molecule is CCn1c(-c2nonc2N)nc2cncc(-c3cccc(C(=O)NCCc4ccccc4)c3)c21. The van der Waals surface area contributed by atoms with Crippen molar-refractivity contribution in [2.45, 2.75) is 19.9 Å². The summed E-state index contributed by atoms with van der Waals surface area (Å²) in [5, 5.41) is 10.6. The van der Waals surface area contributed by atoms with Crippen LogP contribution in [0.4, 0.5) is 5.82 Å². The van der Waals surface area contributed by atoms with Gasteiger partial charge in [0.05, 0.1) is 11.7 Å². The van der Waals surface area contributed by atoms with Gasteiger partial charge in [-0.05, 0) is 46.9 Å². The molecule has 0 unspecified atom stereocenters. The first kappa shape index (κ1) is 21.3. The first-order valence-electron chi connectivity index (χ1n) is 11.0. The summed E-state index contributed by atoms with van der Waals surface area (Å²) in [6.45, 7) is 3.19. The van der Waals surface area contributed by atoms with Crippen LogP contribution in [0.15, 0.2) is 71.6 Å². The number of carbonyl (C=O) groups is 1. The molecule has 0 fully saturated rings. The number of rotatable bonds is 7. The number of nitrogen functional groups attached to an aromatic ring is 1. The van der Waals surface area contributed by atoms with E-state index in [4.69, 9.17) is 10.4 Å². The summed E-state index contributed by atoms with van der Waals surface area (Å²) in [5.41, 5.74) is 11.3. The molecule has 170 valence electrons. The van der Waals surface area contributed by atoms with Crippen molar-refractivity contribution in [2.75, 3.05) is 12.3 Å². The number of nitrogens with one attached hydrogen (secondary N) is 1. The molecule has 34 heavy (non-hydrogen) atoms. The summed E-state index contributed by atoms with van der Waals surface area (Å²) in [5.74, 6) is 0.609. The molecule has 1 amide bonds. The van der Waals surface area contributed by atoms with Gasteiger partial charge in [-0.1, -0.05) is 42.5 Å². The molecule has 0 saturated carbocycles. The molecule has 3 heterocycles. The second-order valence-electron chi connectivity index (χ2n) is 7.80. The average molecular weight is 454 g/mol. The molecule has 9 nitrogen and oxygen atoms in total. The van der Waals surface area contributed by atoms with Crippen molar-refractivity contribution in [1.29, 1.82) is 0 Å². The number of anilines is 1. The van der Waals surface area contributed by atoms with Crippen molar-refractivity contribution < 1.29 is 9.42 Å². The van der Waals surface area contributed by atoms with E-state index in [0.29, 0.717) is 35.7 Å². The van der Waals surface area contributed by atoms with Gasteiger partial charge < -0.3 is 15.6 Å². The Bertz CT molecular complexity index is 1460. The lowest BCUT2D eigenvalue weighted by atomic mass is 10.0. The van der Waals surface area contributed by atoms with Crippen LogP contribution in [0.25, 0.3) is 33.7 Å². The highest BCUT2D eigenvalue weighted by atomic mass is 16.6. The van der Waals surface area contributed by atoms with Crippen LogP contribution in [-0.2, 0) is 13.0 Å². The minimum Gasteiger partial charge on any atom is -0.379 e. The molecule has 0 atom stereocenters. The second kappa shape index (κ2) is 9.14. The van der Waals surface area contributed by atoms with E-state index in [1.165, 1.54) is 5.56 Å². The molecule has 9 heteroatoms. The summed E-state index contributed by atoms with van der Waals surface area (Å²) in [7, 11) is 0. The van der Waals surface area contributed by atoms with E-state index >= 15 is 0 Å². The third-order valence-electron chi connectivity index (χ3n) is 5.67. The summed E-state index contributed by atoms with van der Waals surface area (Å²) in [4.78, 5) is 21.9. The monoisotopic (exact) mass is 453 g/mol. The number of benzene rings is 2. The minimum absolute atomic E-state index is 0.121. The Kier molecular flexibility index (Phi) is 5.73. The van der Waals surface area contributed by atoms with Gasteiger partial charge in [-0.2, -0.15) is 0 Å². The van der Waals surface area contributed by atoms with E-state index in [1.54, 1.807) is 18.5 Å². The number of amides is 1. The van der Waals surface area contributed by atoms with Gasteiger partial charge in [0, 0.05) is 30.4 Å². The first-order valence-corrected chi connectivity index (χ1v) is 11.0. The predicted molar refractivity (Wildman–Crippen MR) is 129 cm³/mol. The van der Waals surface area contributed by atoms with Crippen molar-refractivity contribution in [3.8, 4) is 22.6 Å². The fraction of sp³-hybridized carbons (Fsp3) is 0.160. The smallest absolute Gasteiger partial charge is 0.251 e. The van der Waals surface area contributed by atoms with Gasteiger partial charge >= 0.3 is 0 Å². The highest BCUT2D eigenvalue weighted by Gasteiger charge is 2.21. The molecule has 2 aromatic carbocycles. The topological polar surface area (TPSA) is 125 Å². The number of imidazole rings is 1. The molecular weight excluding hydrogens is 430 g/mol. The van der Waals surface area contributed by atoms with E-state index in [2.05, 4.69) is 25.6 Å². The molecule has 5 rings (SSSR count). The Balaban J connectivity index is 1.46. The molecule has 0 spiro atoms. The number of hydrogen-bond acceptors (Lipinski definition) is 7. The molecule has 5 aromatic rings. The number of aryl methyl sites for hydroxylation is 1. The molecule has 0 saturated heterocycles. The van der Waals surface area contributed by atoms with E-state index in [9.17, 15) is 4.79 Å². The molecule has 0 bridgehead atoms. The Morgan fingerprint density at radius 3 is 2.71 bits per heavy atom. The van der Waals surface area contributed by atoms with Gasteiger partial charge in [-0.25, -0.2) is 9.61 Å². The third-order valence-corrected chi connectivity index (χ3v) is 5.67. The first-order chi connectivity index (χ1) is 16.7. The number of pyridine rings is 1. The number of aromatic nitrogens is 5. The summed E-state index contributed by atoms with van der Waals surface area (Å²) in [6.07, 6.45) is 4.24. The van der Waals surface area contributed by atoms with Gasteiger partial charge in [0.2, 0.25) is 0 Å². The molecule has 3 N–H and O–H groups in total. The van der Waals surface area contributed by atoms with Crippen LogP contribution >= 0.6 is 0 Å². The molecular formula is C25H23N7O2. The highest BCUT2D eigenvalue weighted by Crippen LogP contribution is 2.33. The van der Waals surface area contributed by atoms with E-state index in [-0.39, 0.29) is 11.7 Å². The summed E-state index contributed by atoms with van der Waals surface area (Å²) in [6, 6.07) is 17.6. The normalized spacial score (nSPS) is 11.1. The number of carbonyl (C=O) groups excluding carboxylic acids is 1. The number of nitrogens with two attached hydrogens (primary N) is 1. The zero-order valence-corrected chi connectivity index (χ0v) is 18.6. The molecule has 0 radical (unpaired) electrons. The fourth-order valence-corrected chi connectivity index (χ4v) is 4.03. The lowest BCUT2D eigenvalue weighted by molar-refractivity contribution is 0.0954. The Morgan fingerprint density at radius 2 is 1.94 bits per heavy atom. The van der Waals surface area contributed by atoms with Crippen molar-refractivity contribution in [1.82, 2.24) is 30.2 Å². The van der Waals surface area contributed by atoms with Crippen LogP contribution in [0.2, 0.25) is 0 Å². The van der Waals surface area contributed by atoms with Crippen LogP contribution in [0.1, 0.15) is 22.8 Å². The zero-order chi connectivity index (χ0) is 23.5. The van der Waals surface area contributed by atoms with E-state index in [0.717, 1.165) is 23.1 Å². The number of fused-ring (bicyclic) bond motifs is 1. The van der Waals surface area contributed by atoms with Gasteiger partial charge in [-0.3, -0.25) is 9.78 Å². The third kappa shape index (κ3) is 3.99. The number of hydrogen-bond donors (Lipinski definition) is 2. The highest BCUT2D eigenvalue weighted by molar-refractivity contribution is 5.98. The van der Waals surface area contributed by atoms with Gasteiger partial charge in [0.15, 0.2) is 17.3 Å². The Labute approximate surface area is 195 Å². The molecule has 3 aromatic heterocycles. The molecule has 0 aliphatic heterocycles. The van der Waals surface area contributed by atoms with Gasteiger partial charge in [-0.15, -0.1) is 0 Å². The van der Waals surface area contributed by atoms with Crippen LogP contribution in [0, 0.1) is 0 Å². The Hall–Kier alpha value is -4.53. The van der Waals surface area contributed by atoms with E-state index in [1.807, 2.05) is 60.0 Å². The van der Waals surface area contributed by atoms with Crippen molar-refractivity contribution in [3.63, 3.8) is 0 Å². The van der Waals surface area contributed by atoms with Crippen molar-refractivity contribution in [2.24, 2.45) is 0 Å². The summed E-state index contributed by atoms with van der Waals surface area (Å²) >= 11 is 0. The zero-order valence-electron chi connectivity index (χ0n) is 18.6. The van der Waals surface area contributed by atoms with Gasteiger partial charge in [0.1, 0.15) is 5.52 Å². The van der Waals surface area contributed by atoms with Crippen LogP contribution in [0.5, 0.6) is 0 Å². The van der Waals surface area contributed by atoms with Crippen LogP contribution in [0.3, 0.4) is 0 Å². The lowest BCUT2D eigenvalue weighted by Gasteiger charge is -2.10. The van der Waals surface area contributed by atoms with E-state index < -0.39 is 0 Å². The quantitative estimate of drug-likeness (QED) is 0.385. The molecule has 0 aliphatic rings. The fourth-order valence-electron chi connectivity index (χ4n) is 4.03. The van der Waals surface area contributed by atoms with Crippen LogP contribution in [-0.4, -0.2) is 37.3 Å². The lowest BCUT2D eigenvalue weighted by Crippen LogP contribution is -2.25. The van der Waals surface area contributed by atoms with Crippen molar-refractivity contribution in [3.05, 3.63) is 78.1 Å². The predicted octanol–water partition coefficient (Wildman–Crippen LogP) is 3.72. The van der Waals surface area contributed by atoms with Crippen molar-refractivity contribution >= 4 is 22.8 Å². The minimum atomic E-state index is -0.121. The second-order valence-corrected chi connectivity index (χ2v) is 7.80. The average Bonchev–Trinajstić information content (AvgIpc) is 3.47. The maximum absolute atomic E-state index is 12.8. The largest absolute Gasteiger partial charge is 0.379 e. The standard InChI is InChI=1S/C25H23N7O2/c1-2-32-22-19(14-27-15-20(22)29-24(32)21-23(26)31-34-30-21)17-9-6-10-18(13-17)25(33)28-12-11-16-7-4-3-5-8-16/h3-10,13-15H,2,11-12H2,1H3,(H2,26,31)(H,28,33). The van der Waals surface area contributed by atoms with Crippen LogP contribution < -0.4 is 11.1 Å². The molecule has 0 aliphatic carbocycles.